The van der Waals surface area contributed by atoms with Crippen molar-refractivity contribution in [2.75, 3.05) is 66.1 Å². The Morgan fingerprint density at radius 3 is 1.64 bits per heavy atom. The second-order valence-corrected chi connectivity index (χ2v) is 3.88. The van der Waals surface area contributed by atoms with Crippen molar-refractivity contribution >= 4 is 0 Å². The summed E-state index contributed by atoms with van der Waals surface area (Å²) >= 11 is 0. The normalized spacial score (nSPS) is 13.5. The SMILES string of the molecule is OCCOCCOC(OCCO)(OCCO)C(O)OCCO. The molecule has 0 spiro atoms. The van der Waals surface area contributed by atoms with Gasteiger partial charge in [-0.15, -0.1) is 0 Å². The molecule has 0 rings (SSSR count). The predicted octanol–water partition coefficient (Wildman–Crippen LogP) is -2.99. The van der Waals surface area contributed by atoms with E-state index in [1.165, 1.54) is 0 Å². The van der Waals surface area contributed by atoms with Gasteiger partial charge in [-0.1, -0.05) is 0 Å². The van der Waals surface area contributed by atoms with E-state index >= 15 is 0 Å². The maximum Gasteiger partial charge on any atom is 0.337 e. The Balaban J connectivity index is 4.68. The van der Waals surface area contributed by atoms with Crippen molar-refractivity contribution in [1.82, 2.24) is 0 Å². The van der Waals surface area contributed by atoms with Gasteiger partial charge in [0.15, 0.2) is 0 Å². The van der Waals surface area contributed by atoms with Crippen LogP contribution in [0, 0.1) is 0 Å². The standard InChI is InChI=1S/C12H26O10/c13-1-5-18-9-10-22-12(20-7-3-15,21-8-4-16)11(17)19-6-2-14/h11,13-17H,1-10H2. The highest BCUT2D eigenvalue weighted by Crippen LogP contribution is 2.22. The first-order chi connectivity index (χ1) is 10.7. The summed E-state index contributed by atoms with van der Waals surface area (Å²) in [4.78, 5) is 0. The lowest BCUT2D eigenvalue weighted by Gasteiger charge is -2.36. The first-order valence-corrected chi connectivity index (χ1v) is 6.89. The minimum absolute atomic E-state index is 0.0730. The van der Waals surface area contributed by atoms with Gasteiger partial charge in [0.25, 0.3) is 0 Å². The largest absolute Gasteiger partial charge is 0.394 e. The summed E-state index contributed by atoms with van der Waals surface area (Å²) in [6.07, 6.45) is -1.73. The van der Waals surface area contributed by atoms with Gasteiger partial charge in [-0.25, -0.2) is 0 Å². The van der Waals surface area contributed by atoms with Crippen LogP contribution in [0.2, 0.25) is 0 Å². The second-order valence-electron chi connectivity index (χ2n) is 3.88. The second kappa shape index (κ2) is 14.2. The van der Waals surface area contributed by atoms with Crippen LogP contribution in [-0.4, -0.2) is 104 Å². The molecule has 0 saturated heterocycles. The van der Waals surface area contributed by atoms with Crippen molar-refractivity contribution in [2.24, 2.45) is 0 Å². The number of ether oxygens (including phenoxy) is 5. The van der Waals surface area contributed by atoms with Crippen molar-refractivity contribution in [1.29, 1.82) is 0 Å². The molecule has 0 fully saturated rings. The van der Waals surface area contributed by atoms with E-state index < -0.39 is 12.3 Å². The molecule has 0 aliphatic rings. The number of hydrogen-bond donors (Lipinski definition) is 5. The fourth-order valence-corrected chi connectivity index (χ4v) is 1.39. The first-order valence-electron chi connectivity index (χ1n) is 6.89. The lowest BCUT2D eigenvalue weighted by atomic mass is 10.5. The quantitative estimate of drug-likeness (QED) is 0.147. The Morgan fingerprint density at radius 2 is 1.14 bits per heavy atom. The molecule has 0 aliphatic carbocycles. The third-order valence-corrected chi connectivity index (χ3v) is 2.23. The zero-order chi connectivity index (χ0) is 16.7. The van der Waals surface area contributed by atoms with Gasteiger partial charge in [0, 0.05) is 0 Å². The molecule has 0 bridgehead atoms. The molecule has 0 saturated carbocycles. The third-order valence-electron chi connectivity index (χ3n) is 2.23. The molecule has 134 valence electrons. The molecule has 0 radical (unpaired) electrons. The van der Waals surface area contributed by atoms with E-state index in [4.69, 9.17) is 44.1 Å². The van der Waals surface area contributed by atoms with Crippen LogP contribution in [0.4, 0.5) is 0 Å². The Bertz CT molecular complexity index is 232. The highest BCUT2D eigenvalue weighted by molar-refractivity contribution is 4.63. The monoisotopic (exact) mass is 330 g/mol. The molecule has 0 aromatic heterocycles. The lowest BCUT2D eigenvalue weighted by molar-refractivity contribution is -0.452. The molecule has 1 unspecified atom stereocenters. The zero-order valence-electron chi connectivity index (χ0n) is 12.4. The van der Waals surface area contributed by atoms with Gasteiger partial charge in [-0.3, -0.25) is 0 Å². The molecule has 1 atom stereocenters. The minimum atomic E-state index is -2.08. The Morgan fingerprint density at radius 1 is 0.636 bits per heavy atom. The summed E-state index contributed by atoms with van der Waals surface area (Å²) in [5, 5.41) is 45.0. The summed E-state index contributed by atoms with van der Waals surface area (Å²) < 4.78 is 25.6. The molecule has 0 amide bonds. The van der Waals surface area contributed by atoms with Crippen LogP contribution in [0.1, 0.15) is 0 Å². The topological polar surface area (TPSA) is 147 Å². The van der Waals surface area contributed by atoms with Crippen molar-refractivity contribution in [3.8, 4) is 0 Å². The fourth-order valence-electron chi connectivity index (χ4n) is 1.39. The Hall–Kier alpha value is -0.400. The van der Waals surface area contributed by atoms with Gasteiger partial charge < -0.3 is 49.2 Å². The van der Waals surface area contributed by atoms with Gasteiger partial charge >= 0.3 is 5.97 Å². The third kappa shape index (κ3) is 8.90. The number of aliphatic hydroxyl groups excluding tert-OH is 5. The summed E-state index contributed by atoms with van der Waals surface area (Å²) in [5.41, 5.74) is 0. The van der Waals surface area contributed by atoms with Gasteiger partial charge in [-0.2, -0.15) is 0 Å². The summed E-state index contributed by atoms with van der Waals surface area (Å²) in [7, 11) is 0. The van der Waals surface area contributed by atoms with Gasteiger partial charge in [0.2, 0.25) is 6.29 Å². The Kier molecular flexibility index (Phi) is 14.0. The fraction of sp³-hybridized carbons (Fsp3) is 1.00. The van der Waals surface area contributed by atoms with Gasteiger partial charge in [0.05, 0.1) is 66.1 Å². The van der Waals surface area contributed by atoms with Crippen molar-refractivity contribution < 1.29 is 49.2 Å². The maximum absolute atomic E-state index is 9.99. The lowest BCUT2D eigenvalue weighted by Crippen LogP contribution is -2.53. The summed E-state index contributed by atoms with van der Waals surface area (Å²) in [6, 6.07) is 0. The highest BCUT2D eigenvalue weighted by atomic mass is 16.9. The number of hydrogen-bond acceptors (Lipinski definition) is 10. The first kappa shape index (κ1) is 21.6. The molecule has 0 heterocycles. The van der Waals surface area contributed by atoms with Crippen LogP contribution < -0.4 is 0 Å². The van der Waals surface area contributed by atoms with Crippen LogP contribution >= 0.6 is 0 Å². The van der Waals surface area contributed by atoms with Gasteiger partial charge in [-0.05, 0) is 0 Å². The van der Waals surface area contributed by atoms with Crippen molar-refractivity contribution in [3.63, 3.8) is 0 Å². The van der Waals surface area contributed by atoms with Crippen LogP contribution in [-0.2, 0) is 23.7 Å². The van der Waals surface area contributed by atoms with Gasteiger partial charge in [0.1, 0.15) is 0 Å². The van der Waals surface area contributed by atoms with Crippen LogP contribution in [0.25, 0.3) is 0 Å². The Labute approximate surface area is 128 Å². The molecular weight excluding hydrogens is 304 g/mol. The molecule has 22 heavy (non-hydrogen) atoms. The smallest absolute Gasteiger partial charge is 0.337 e. The van der Waals surface area contributed by atoms with E-state index in [-0.39, 0.29) is 66.1 Å². The molecule has 10 nitrogen and oxygen atoms in total. The number of aliphatic hydroxyl groups is 5. The minimum Gasteiger partial charge on any atom is -0.394 e. The zero-order valence-corrected chi connectivity index (χ0v) is 12.4. The van der Waals surface area contributed by atoms with E-state index in [2.05, 4.69) is 0 Å². The van der Waals surface area contributed by atoms with E-state index in [0.29, 0.717) is 0 Å². The summed E-state index contributed by atoms with van der Waals surface area (Å²) in [5.74, 6) is -2.08. The van der Waals surface area contributed by atoms with E-state index in [1.807, 2.05) is 0 Å². The molecule has 10 heteroatoms. The van der Waals surface area contributed by atoms with Crippen molar-refractivity contribution in [3.05, 3.63) is 0 Å². The van der Waals surface area contributed by atoms with Crippen LogP contribution in [0.3, 0.4) is 0 Å². The molecule has 5 N–H and O–H groups in total. The summed E-state index contributed by atoms with van der Waals surface area (Å²) in [6.45, 7) is -1.71. The van der Waals surface area contributed by atoms with Crippen LogP contribution in [0.5, 0.6) is 0 Å². The molecular formula is C12H26O10. The van der Waals surface area contributed by atoms with E-state index in [0.717, 1.165) is 0 Å². The van der Waals surface area contributed by atoms with E-state index in [1.54, 1.807) is 0 Å². The van der Waals surface area contributed by atoms with E-state index in [9.17, 15) is 5.11 Å². The van der Waals surface area contributed by atoms with Crippen LogP contribution in [0.15, 0.2) is 0 Å². The molecule has 0 aliphatic heterocycles. The molecule has 0 aromatic rings. The maximum atomic E-state index is 9.99. The predicted molar refractivity (Wildman–Crippen MR) is 71.7 cm³/mol. The number of rotatable bonds is 16. The highest BCUT2D eigenvalue weighted by Gasteiger charge is 2.43. The molecule has 0 aromatic carbocycles. The van der Waals surface area contributed by atoms with Crippen molar-refractivity contribution in [2.45, 2.75) is 12.3 Å². The average molecular weight is 330 g/mol. The average Bonchev–Trinajstić information content (AvgIpc) is 2.54.